The molecular formula is C54H66N12O17. The summed E-state index contributed by atoms with van der Waals surface area (Å²) in [5.41, 5.74) is 38.2. The molecular weight excluding hydrogens is 1090 g/mol. The van der Waals surface area contributed by atoms with Crippen molar-refractivity contribution in [1.82, 2.24) is 10.6 Å². The molecule has 8 rings (SSSR count). The van der Waals surface area contributed by atoms with Gasteiger partial charge in [0, 0.05) is 21.3 Å². The number of rotatable bonds is 24. The van der Waals surface area contributed by atoms with Crippen molar-refractivity contribution in [2.24, 2.45) is 21.1 Å². The van der Waals surface area contributed by atoms with Crippen LogP contribution in [-0.2, 0) is 73.7 Å². The summed E-state index contributed by atoms with van der Waals surface area (Å²) in [7, 11) is 0. The predicted octanol–water partition coefficient (Wildman–Crippen LogP) is 3.93. The van der Waals surface area contributed by atoms with Crippen molar-refractivity contribution in [2.45, 2.75) is 162 Å². The molecule has 0 bridgehead atoms. The number of carbonyl (C=O) groups excluding carboxylic acids is 2. The quantitative estimate of drug-likeness (QED) is 0.0280. The number of aliphatic hydroxyl groups excluding tert-OH is 5. The lowest BCUT2D eigenvalue weighted by molar-refractivity contribution is -0.314. The van der Waals surface area contributed by atoms with E-state index in [1.54, 1.807) is 67.6 Å². The zero-order valence-electron chi connectivity index (χ0n) is 44.8. The van der Waals surface area contributed by atoms with Crippen LogP contribution in [-0.4, -0.2) is 173 Å². The molecule has 4 aliphatic rings. The largest absolute Gasteiger partial charge is 0.445 e. The number of aliphatic hydroxyl groups is 5. The van der Waals surface area contributed by atoms with Crippen LogP contribution < -0.4 is 16.4 Å². The molecule has 1 aliphatic carbocycles. The summed E-state index contributed by atoms with van der Waals surface area (Å²) in [4.78, 5) is 36.1. The van der Waals surface area contributed by atoms with Gasteiger partial charge in [-0.3, -0.25) is 0 Å². The summed E-state index contributed by atoms with van der Waals surface area (Å²) < 4.78 is 62.5. The number of carbonyl (C=O) groups is 2. The third-order valence-electron chi connectivity index (χ3n) is 14.4. The van der Waals surface area contributed by atoms with Crippen molar-refractivity contribution in [3.8, 4) is 0 Å². The van der Waals surface area contributed by atoms with Gasteiger partial charge in [0.05, 0.1) is 68.9 Å². The molecule has 4 aromatic carbocycles. The standard InChI is InChI=1S/C54H66N12O17/c1-29(77-53(72)59-23-30-14-6-2-7-15-30)45-35(74-26-31-16-8-3-9-17-31)22-34(62-65-57)50(80-45)82-48-40(61-54(73)76-28-33-20-12-5-13-21-33)47(75-27-32-18-10-4-11-19-32)38(55)42(69)49(48)83-52-44(71)46(37(25-67)79-52)81-51-39(63-66-58)43(70)41(68)36(78-51)24-60-64-56/h2-21,29,34-52,67-71H,22-28,55H2,1H3,(H,59,72)(H,61,73)/t29-,34+,35-,36-,37+,38-,39+,40-,41+,42-,43+,44+,45+,46+,47+,48+,49+,50-,51+,52-/m0/s1. The van der Waals surface area contributed by atoms with Gasteiger partial charge in [-0.05, 0) is 52.2 Å². The minimum absolute atomic E-state index is 0.0497. The van der Waals surface area contributed by atoms with Gasteiger partial charge in [-0.25, -0.2) is 9.59 Å². The highest BCUT2D eigenvalue weighted by Gasteiger charge is 2.58. The third kappa shape index (κ3) is 16.1. The van der Waals surface area contributed by atoms with Gasteiger partial charge in [0.15, 0.2) is 18.9 Å². The number of nitrogens with one attached hydrogen (secondary N) is 2. The highest BCUT2D eigenvalue weighted by atomic mass is 16.8. The second-order valence-electron chi connectivity index (χ2n) is 20.0. The van der Waals surface area contributed by atoms with Crippen LogP contribution >= 0.6 is 0 Å². The molecule has 29 heteroatoms. The Hall–Kier alpha value is -7.21. The molecule has 1 saturated carbocycles. The van der Waals surface area contributed by atoms with Crippen molar-refractivity contribution < 1.29 is 82.5 Å². The maximum Gasteiger partial charge on any atom is 0.407 e. The van der Waals surface area contributed by atoms with Gasteiger partial charge in [-0.1, -0.05) is 137 Å². The maximum atomic E-state index is 14.2. The highest BCUT2D eigenvalue weighted by Crippen LogP contribution is 2.38. The van der Waals surface area contributed by atoms with Gasteiger partial charge >= 0.3 is 12.2 Å². The molecule has 20 atom stereocenters. The first-order valence-electron chi connectivity index (χ1n) is 26.7. The van der Waals surface area contributed by atoms with Crippen LogP contribution in [0, 0.1) is 0 Å². The van der Waals surface area contributed by atoms with E-state index in [-0.39, 0.29) is 32.8 Å². The summed E-state index contributed by atoms with van der Waals surface area (Å²) in [6.07, 6.45) is -27.3. The molecule has 0 radical (unpaired) electrons. The number of hydrogen-bond donors (Lipinski definition) is 8. The first kappa shape index (κ1) is 61.9. The first-order chi connectivity index (χ1) is 40.3. The summed E-state index contributed by atoms with van der Waals surface area (Å²) in [6.45, 7) is 0.0443. The van der Waals surface area contributed by atoms with Crippen LogP contribution in [0.5, 0.6) is 0 Å². The number of azide groups is 3. The molecule has 9 N–H and O–H groups in total. The van der Waals surface area contributed by atoms with Crippen LogP contribution in [0.25, 0.3) is 31.3 Å². The minimum atomic E-state index is -1.94. The number of amides is 2. The van der Waals surface area contributed by atoms with Gasteiger partial charge < -0.3 is 89.3 Å². The average molecular weight is 1160 g/mol. The smallest absolute Gasteiger partial charge is 0.407 e. The van der Waals surface area contributed by atoms with Crippen LogP contribution in [0.15, 0.2) is 137 Å². The zero-order chi connectivity index (χ0) is 58.8. The van der Waals surface area contributed by atoms with Gasteiger partial charge in [-0.2, -0.15) is 0 Å². The number of benzene rings is 4. The van der Waals surface area contributed by atoms with E-state index in [4.69, 9.17) is 58.6 Å². The lowest BCUT2D eigenvalue weighted by atomic mass is 9.81. The summed E-state index contributed by atoms with van der Waals surface area (Å²) in [5, 5.41) is 73.5. The Morgan fingerprint density at radius 2 is 1.20 bits per heavy atom. The fourth-order valence-corrected chi connectivity index (χ4v) is 10.2. The molecule has 4 fully saturated rings. The molecule has 4 aromatic rings. The number of nitrogens with two attached hydrogens (primary N) is 1. The van der Waals surface area contributed by atoms with Crippen LogP contribution in [0.2, 0.25) is 0 Å². The molecule has 0 unspecified atom stereocenters. The Morgan fingerprint density at radius 3 is 1.81 bits per heavy atom. The Kier molecular flexibility index (Phi) is 22.6. The van der Waals surface area contributed by atoms with Crippen LogP contribution in [0.3, 0.4) is 0 Å². The third-order valence-corrected chi connectivity index (χ3v) is 14.4. The summed E-state index contributed by atoms with van der Waals surface area (Å²) in [5.74, 6) is 0. The monoisotopic (exact) mass is 1150 g/mol. The van der Waals surface area contributed by atoms with Crippen molar-refractivity contribution in [3.63, 3.8) is 0 Å². The minimum Gasteiger partial charge on any atom is -0.445 e. The van der Waals surface area contributed by atoms with E-state index in [2.05, 4.69) is 40.7 Å². The number of alkyl carbamates (subject to hydrolysis) is 2. The van der Waals surface area contributed by atoms with Gasteiger partial charge in [0.2, 0.25) is 0 Å². The molecule has 444 valence electrons. The van der Waals surface area contributed by atoms with E-state index >= 15 is 0 Å². The van der Waals surface area contributed by atoms with Crippen molar-refractivity contribution in [2.75, 3.05) is 13.2 Å². The number of hydrogen-bond acceptors (Lipinski definition) is 21. The first-order valence-corrected chi connectivity index (χ1v) is 26.7. The van der Waals surface area contributed by atoms with Gasteiger partial charge in [0.25, 0.3) is 0 Å². The summed E-state index contributed by atoms with van der Waals surface area (Å²) >= 11 is 0. The molecule has 3 heterocycles. The topological polar surface area (TPSA) is 424 Å². The molecule has 0 spiro atoms. The number of ether oxygens (including phenoxy) is 10. The average Bonchev–Trinajstić information content (AvgIpc) is 3.88. The van der Waals surface area contributed by atoms with E-state index in [1.807, 2.05) is 60.7 Å². The molecule has 83 heavy (non-hydrogen) atoms. The van der Waals surface area contributed by atoms with E-state index < -0.39 is 148 Å². The lowest BCUT2D eigenvalue weighted by Gasteiger charge is -2.50. The normalized spacial score (nSPS) is 32.5. The molecule has 29 nitrogen and oxygen atoms in total. The number of nitrogens with zero attached hydrogens (tertiary/aromatic N) is 9. The summed E-state index contributed by atoms with van der Waals surface area (Å²) in [6, 6.07) is 30.0. The Balaban J connectivity index is 1.14. The fraction of sp³-hybridized carbons (Fsp3) is 0.519. The van der Waals surface area contributed by atoms with Crippen molar-refractivity contribution in [1.29, 1.82) is 0 Å². The SMILES string of the molecule is C[C@H](OC(=O)NCc1ccccc1)[C@H]1O[C@@H](O[C@@H]2[C@@H](NC(=O)OCc3ccccc3)[C@H](OCc3ccccc3)[C@@H](N)[C@H](O)[C@H]2O[C@@H]2O[C@H](CO)[C@@H](O[C@H]3O[C@@H](CN=[N+]=[N-])[C@@H](O)[C@H](O)[C@H]3N=[N+]=[N-])[C@H]2O)[C@H](N=[N+]=[N-])C[C@@H]1OCc1ccccc1. The Labute approximate surface area is 475 Å². The van der Waals surface area contributed by atoms with Crippen molar-refractivity contribution >= 4 is 12.2 Å². The van der Waals surface area contributed by atoms with Crippen molar-refractivity contribution in [3.05, 3.63) is 175 Å². The maximum absolute atomic E-state index is 14.2. The molecule has 0 aromatic heterocycles. The van der Waals surface area contributed by atoms with E-state index in [0.717, 1.165) is 11.1 Å². The molecule has 2 amide bonds. The lowest BCUT2D eigenvalue weighted by Crippen LogP contribution is -2.73. The fourth-order valence-electron chi connectivity index (χ4n) is 10.2. The highest BCUT2D eigenvalue weighted by molar-refractivity contribution is 5.68. The molecule has 3 aliphatic heterocycles. The Bertz CT molecular complexity index is 2830. The Morgan fingerprint density at radius 1 is 0.639 bits per heavy atom. The van der Waals surface area contributed by atoms with E-state index in [0.29, 0.717) is 11.1 Å². The van der Waals surface area contributed by atoms with E-state index in [1.165, 1.54) is 0 Å². The second-order valence-corrected chi connectivity index (χ2v) is 20.0. The van der Waals surface area contributed by atoms with Crippen LogP contribution in [0.4, 0.5) is 9.59 Å². The van der Waals surface area contributed by atoms with E-state index in [9.17, 15) is 46.2 Å². The molecule has 3 saturated heterocycles. The zero-order valence-corrected chi connectivity index (χ0v) is 44.8. The van der Waals surface area contributed by atoms with Gasteiger partial charge in [0.1, 0.15) is 67.6 Å². The second kappa shape index (κ2) is 30.4. The van der Waals surface area contributed by atoms with Gasteiger partial charge in [-0.15, -0.1) is 0 Å². The predicted molar refractivity (Wildman–Crippen MR) is 287 cm³/mol. The van der Waals surface area contributed by atoms with Crippen LogP contribution in [0.1, 0.15) is 35.6 Å².